The van der Waals surface area contributed by atoms with Crippen LogP contribution in [0.1, 0.15) is 41.4 Å². The first-order chi connectivity index (χ1) is 26.2. The second-order valence-corrected chi connectivity index (χ2v) is 18.1. The molecule has 56 heavy (non-hydrogen) atoms. The fourth-order valence-corrected chi connectivity index (χ4v) is 13.4. The fourth-order valence-electron chi connectivity index (χ4n) is 4.64. The van der Waals surface area contributed by atoms with E-state index in [1.807, 2.05) is 45.2 Å². The predicted molar refractivity (Wildman–Crippen MR) is 251 cm³/mol. The number of anilines is 2. The van der Waals surface area contributed by atoms with E-state index >= 15 is 0 Å². The molecule has 310 valence electrons. The summed E-state index contributed by atoms with van der Waals surface area (Å²) in [7, 11) is 2.72. The molecule has 0 aliphatic rings. The molecule has 0 aliphatic carbocycles. The van der Waals surface area contributed by atoms with Crippen molar-refractivity contribution >= 4 is 182 Å². The Morgan fingerprint density at radius 3 is 1.11 bits per heavy atom. The highest BCUT2D eigenvalue weighted by atomic mass is 127. The van der Waals surface area contributed by atoms with Crippen LogP contribution in [0, 0.1) is 21.4 Å². The number of aliphatic hydroxyl groups is 7. The zero-order chi connectivity index (χ0) is 42.8. The lowest BCUT2D eigenvalue weighted by Crippen LogP contribution is -2.43. The van der Waals surface area contributed by atoms with E-state index in [0.717, 1.165) is 9.80 Å². The van der Waals surface area contributed by atoms with Gasteiger partial charge >= 0.3 is 0 Å². The minimum Gasteiger partial charge on any atom is -0.394 e. The first kappa shape index (κ1) is 51.5. The van der Waals surface area contributed by atoms with Crippen LogP contribution in [0.4, 0.5) is 11.4 Å². The molecule has 11 N–H and O–H groups in total. The molecule has 19 nitrogen and oxygen atoms in total. The van der Waals surface area contributed by atoms with Crippen LogP contribution in [-0.2, 0) is 9.59 Å². The molecule has 0 saturated heterocycles. The normalized spacial score (nSPS) is 12.6. The second kappa shape index (κ2) is 24.0. The Kier molecular flexibility index (Phi) is 22.0. The van der Waals surface area contributed by atoms with Crippen molar-refractivity contribution < 1.29 is 64.5 Å². The van der Waals surface area contributed by atoms with Crippen molar-refractivity contribution in [3.8, 4) is 0 Å². The molecule has 2 aromatic rings. The minimum atomic E-state index is -1.37. The summed E-state index contributed by atoms with van der Waals surface area (Å²) < 4.78 is 1.17. The lowest BCUT2D eigenvalue weighted by atomic mass is 10.1. The van der Waals surface area contributed by atoms with E-state index in [1.165, 1.54) is 14.1 Å². The number of hydrogen-bond acceptors (Lipinski definition) is 13. The van der Waals surface area contributed by atoms with E-state index in [4.69, 9.17) is 10.2 Å². The number of rotatable bonds is 18. The van der Waals surface area contributed by atoms with Gasteiger partial charge in [-0.25, -0.2) is 0 Å². The number of halogens is 6. The number of nitrogens with one attached hydrogen (secondary N) is 4. The quantitative estimate of drug-likeness (QED) is 0.0845. The van der Waals surface area contributed by atoms with Crippen molar-refractivity contribution in [3.05, 3.63) is 43.7 Å². The third-order valence-electron chi connectivity index (χ3n) is 7.41. The van der Waals surface area contributed by atoms with Crippen molar-refractivity contribution in [1.82, 2.24) is 20.4 Å². The summed E-state index contributed by atoms with van der Waals surface area (Å²) in [5, 5.41) is 77.6. The first-order valence-electron chi connectivity index (χ1n) is 15.7. The number of nitrogens with zero attached hydrogens (tertiary/aromatic N) is 2. The molecule has 0 aliphatic heterocycles. The van der Waals surface area contributed by atoms with Crippen LogP contribution in [0.3, 0.4) is 0 Å². The van der Waals surface area contributed by atoms with Gasteiger partial charge in [0.1, 0.15) is 13.2 Å². The standard InChI is InChI=1S/C31H36I6N6O13/c1-42(30(55)18-20(32)16(28(53)38-3-11(48)7-44)22(34)26(24(18)36)40-14(51)9-46)5-13(50)6-43(2)31(56)19-21(33)17(29(54)39-4-12(49)8-45)23(35)27(25(19)37)41-15(52)10-47/h11-13,44-50H,3-10H2,1-2H3,(H,38,53)(H,39,54)(H,40,51)(H,41,52). The van der Waals surface area contributed by atoms with Crippen LogP contribution in [0.5, 0.6) is 0 Å². The van der Waals surface area contributed by atoms with Gasteiger partial charge in [0.15, 0.2) is 0 Å². The van der Waals surface area contributed by atoms with E-state index in [0.29, 0.717) is 0 Å². The summed E-state index contributed by atoms with van der Waals surface area (Å²) in [4.78, 5) is 81.3. The molecule has 2 unspecified atom stereocenters. The van der Waals surface area contributed by atoms with E-state index in [2.05, 4.69) is 21.3 Å². The van der Waals surface area contributed by atoms with Crippen molar-refractivity contribution in [3.63, 3.8) is 0 Å². The lowest BCUT2D eigenvalue weighted by molar-refractivity contribution is -0.119. The maximum atomic E-state index is 14.0. The average Bonchev–Trinajstić information content (AvgIpc) is 3.15. The molecule has 0 fully saturated rings. The third-order valence-corrected chi connectivity index (χ3v) is 13.9. The number of hydrogen-bond donors (Lipinski definition) is 11. The Morgan fingerprint density at radius 1 is 0.518 bits per heavy atom. The van der Waals surface area contributed by atoms with Gasteiger partial charge in [-0.05, 0) is 136 Å². The number of amides is 6. The molecular weight excluding hydrogens is 1430 g/mol. The van der Waals surface area contributed by atoms with Crippen molar-refractivity contribution in [2.45, 2.75) is 18.3 Å². The maximum Gasteiger partial charge on any atom is 0.255 e. The number of likely N-dealkylation sites (N-methyl/N-ethyl adjacent to an activating group) is 2. The monoisotopic (exact) mass is 1460 g/mol. The van der Waals surface area contributed by atoms with Gasteiger partial charge in [-0.3, -0.25) is 28.8 Å². The largest absolute Gasteiger partial charge is 0.394 e. The van der Waals surface area contributed by atoms with E-state index in [-0.39, 0.29) is 81.2 Å². The zero-order valence-electron chi connectivity index (χ0n) is 29.1. The number of carbonyl (C=O) groups excluding carboxylic acids is 6. The Morgan fingerprint density at radius 2 is 0.821 bits per heavy atom. The predicted octanol–water partition coefficient (Wildman–Crippen LogP) is -0.453. The lowest BCUT2D eigenvalue weighted by Gasteiger charge is -2.27. The molecule has 0 spiro atoms. The van der Waals surface area contributed by atoms with Gasteiger partial charge in [-0.15, -0.1) is 0 Å². The van der Waals surface area contributed by atoms with Crippen molar-refractivity contribution in [2.24, 2.45) is 0 Å². The second-order valence-electron chi connectivity index (χ2n) is 11.7. The highest BCUT2D eigenvalue weighted by Crippen LogP contribution is 2.38. The smallest absolute Gasteiger partial charge is 0.255 e. The SMILES string of the molecule is CN(CC(O)CN(C)C(=O)c1c(I)c(NC(=O)CO)c(I)c(C(=O)NCC(O)CO)c1I)C(=O)c1c(I)c(NC(=O)CO)c(I)c(C(=O)NCC(O)CO)c1I. The van der Waals surface area contributed by atoms with Crippen LogP contribution in [0.15, 0.2) is 0 Å². The fraction of sp³-hybridized carbons (Fsp3) is 0.419. The Balaban J connectivity index is 2.50. The highest BCUT2D eigenvalue weighted by Gasteiger charge is 2.33. The van der Waals surface area contributed by atoms with Gasteiger partial charge in [0.2, 0.25) is 11.8 Å². The summed E-state index contributed by atoms with van der Waals surface area (Å²) in [6.07, 6.45) is -3.91. The molecule has 2 aromatic carbocycles. The van der Waals surface area contributed by atoms with Gasteiger partial charge in [0.05, 0.1) is 79.4 Å². The molecule has 6 amide bonds. The molecule has 0 heterocycles. The van der Waals surface area contributed by atoms with E-state index in [9.17, 15) is 54.3 Å². The van der Waals surface area contributed by atoms with Crippen LogP contribution in [0.25, 0.3) is 0 Å². The molecule has 25 heteroatoms. The highest BCUT2D eigenvalue weighted by molar-refractivity contribution is 14.1. The van der Waals surface area contributed by atoms with Gasteiger partial charge < -0.3 is 66.8 Å². The number of aliphatic hydroxyl groups excluding tert-OH is 7. The van der Waals surface area contributed by atoms with Crippen LogP contribution >= 0.6 is 136 Å². The Hall–Kier alpha value is -0.640. The molecule has 0 radical (unpaired) electrons. The average molecular weight is 1460 g/mol. The third kappa shape index (κ3) is 13.2. The molecule has 0 saturated carbocycles. The Labute approximate surface area is 401 Å². The molecule has 2 rings (SSSR count). The summed E-state index contributed by atoms with van der Waals surface area (Å²) in [6, 6.07) is 0. The number of carbonyl (C=O) groups is 6. The van der Waals surface area contributed by atoms with Crippen LogP contribution in [-0.4, -0.2) is 166 Å². The topological polar surface area (TPSA) is 299 Å². The van der Waals surface area contributed by atoms with Crippen molar-refractivity contribution in [2.75, 3.05) is 77.3 Å². The summed E-state index contributed by atoms with van der Waals surface area (Å²) in [5.41, 5.74) is -0.0534. The molecular formula is C31H36I6N6O13. The summed E-state index contributed by atoms with van der Waals surface area (Å²) >= 11 is 10.8. The van der Waals surface area contributed by atoms with Crippen LogP contribution < -0.4 is 21.3 Å². The van der Waals surface area contributed by atoms with E-state index < -0.39 is 80.2 Å². The van der Waals surface area contributed by atoms with Gasteiger partial charge in [0, 0.05) is 47.4 Å². The first-order valence-corrected chi connectivity index (χ1v) is 22.2. The summed E-state index contributed by atoms with van der Waals surface area (Å²) in [6.45, 7) is -4.39. The molecule has 0 bridgehead atoms. The maximum absolute atomic E-state index is 14.0. The zero-order valence-corrected chi connectivity index (χ0v) is 42.1. The van der Waals surface area contributed by atoms with Crippen molar-refractivity contribution in [1.29, 1.82) is 0 Å². The molecule has 2 atom stereocenters. The molecule has 0 aromatic heterocycles. The van der Waals surface area contributed by atoms with Gasteiger partial charge in [-0.1, -0.05) is 0 Å². The van der Waals surface area contributed by atoms with Crippen LogP contribution in [0.2, 0.25) is 0 Å². The minimum absolute atomic E-state index is 0.0374. The Bertz CT molecular complexity index is 1730. The van der Waals surface area contributed by atoms with Gasteiger partial charge in [-0.2, -0.15) is 0 Å². The number of benzene rings is 2. The summed E-state index contributed by atoms with van der Waals surface area (Å²) in [5.74, 6) is -4.51. The van der Waals surface area contributed by atoms with Gasteiger partial charge in [0.25, 0.3) is 23.6 Å². The van der Waals surface area contributed by atoms with E-state index in [1.54, 1.807) is 90.4 Å².